The Kier molecular flexibility index (Phi) is 3.05. The van der Waals surface area contributed by atoms with Crippen molar-refractivity contribution in [2.24, 2.45) is 11.8 Å². The molecule has 1 amide bonds. The SMILES string of the molecule is CC1CC(C)CN(C(=O)c2cccc3[nH]ccc23)C1. The lowest BCUT2D eigenvalue weighted by Crippen LogP contribution is -2.42. The number of fused-ring (bicyclic) bond motifs is 1. The summed E-state index contributed by atoms with van der Waals surface area (Å²) in [6.07, 6.45) is 3.11. The van der Waals surface area contributed by atoms with E-state index in [9.17, 15) is 4.79 Å². The monoisotopic (exact) mass is 256 g/mol. The Morgan fingerprint density at radius 1 is 1.21 bits per heavy atom. The average molecular weight is 256 g/mol. The molecule has 0 bridgehead atoms. The molecule has 1 aliphatic rings. The number of hydrogen-bond acceptors (Lipinski definition) is 1. The van der Waals surface area contributed by atoms with E-state index < -0.39 is 0 Å². The third kappa shape index (κ3) is 2.25. The van der Waals surface area contributed by atoms with Gasteiger partial charge in [-0.3, -0.25) is 4.79 Å². The molecule has 1 fully saturated rings. The molecule has 19 heavy (non-hydrogen) atoms. The molecule has 0 radical (unpaired) electrons. The first kappa shape index (κ1) is 12.3. The minimum atomic E-state index is 0.170. The van der Waals surface area contributed by atoms with Crippen molar-refractivity contribution in [3.05, 3.63) is 36.0 Å². The second-order valence-electron chi connectivity index (χ2n) is 5.90. The molecular weight excluding hydrogens is 236 g/mol. The number of carbonyl (C=O) groups excluding carboxylic acids is 1. The van der Waals surface area contributed by atoms with Crippen LogP contribution < -0.4 is 0 Å². The minimum Gasteiger partial charge on any atom is -0.361 e. The zero-order valence-electron chi connectivity index (χ0n) is 11.5. The van der Waals surface area contributed by atoms with Crippen molar-refractivity contribution in [1.29, 1.82) is 0 Å². The van der Waals surface area contributed by atoms with Crippen molar-refractivity contribution in [2.45, 2.75) is 20.3 Å². The number of nitrogens with zero attached hydrogens (tertiary/aromatic N) is 1. The lowest BCUT2D eigenvalue weighted by molar-refractivity contribution is 0.0625. The molecule has 3 heteroatoms. The number of likely N-dealkylation sites (tertiary alicyclic amines) is 1. The highest BCUT2D eigenvalue weighted by atomic mass is 16.2. The van der Waals surface area contributed by atoms with Gasteiger partial charge in [0.1, 0.15) is 0 Å². The summed E-state index contributed by atoms with van der Waals surface area (Å²) in [5, 5.41) is 1.03. The number of hydrogen-bond donors (Lipinski definition) is 1. The van der Waals surface area contributed by atoms with Gasteiger partial charge in [0.2, 0.25) is 0 Å². The summed E-state index contributed by atoms with van der Waals surface area (Å²) in [4.78, 5) is 17.9. The van der Waals surface area contributed by atoms with Gasteiger partial charge in [-0.25, -0.2) is 0 Å². The van der Waals surface area contributed by atoms with E-state index in [1.165, 1.54) is 6.42 Å². The number of H-pyrrole nitrogens is 1. The Labute approximate surface area is 113 Å². The van der Waals surface area contributed by atoms with E-state index >= 15 is 0 Å². The molecule has 2 atom stereocenters. The largest absolute Gasteiger partial charge is 0.361 e. The van der Waals surface area contributed by atoms with Crippen LogP contribution in [0.15, 0.2) is 30.5 Å². The van der Waals surface area contributed by atoms with Crippen LogP contribution in [-0.4, -0.2) is 28.9 Å². The Hall–Kier alpha value is -1.77. The summed E-state index contributed by atoms with van der Waals surface area (Å²) >= 11 is 0. The van der Waals surface area contributed by atoms with E-state index in [0.29, 0.717) is 11.8 Å². The van der Waals surface area contributed by atoms with Gasteiger partial charge >= 0.3 is 0 Å². The lowest BCUT2D eigenvalue weighted by atomic mass is 9.91. The third-order valence-electron chi connectivity index (χ3n) is 3.98. The topological polar surface area (TPSA) is 36.1 Å². The molecule has 0 saturated carbocycles. The summed E-state index contributed by atoms with van der Waals surface area (Å²) in [6.45, 7) is 6.22. The minimum absolute atomic E-state index is 0.170. The molecule has 100 valence electrons. The normalized spacial score (nSPS) is 23.8. The Morgan fingerprint density at radius 2 is 1.95 bits per heavy atom. The Bertz CT molecular complexity index is 592. The standard InChI is InChI=1S/C16H20N2O/c1-11-8-12(2)10-18(9-11)16(19)14-4-3-5-15-13(14)6-7-17-15/h3-7,11-12,17H,8-10H2,1-2H3. The second kappa shape index (κ2) is 4.72. The van der Waals surface area contributed by atoms with E-state index in [4.69, 9.17) is 0 Å². The van der Waals surface area contributed by atoms with Gasteiger partial charge in [0, 0.05) is 35.8 Å². The van der Waals surface area contributed by atoms with E-state index in [1.54, 1.807) is 0 Å². The van der Waals surface area contributed by atoms with Crippen LogP contribution in [0, 0.1) is 11.8 Å². The van der Waals surface area contributed by atoms with Crippen molar-refractivity contribution >= 4 is 16.8 Å². The molecule has 1 N–H and O–H groups in total. The van der Waals surface area contributed by atoms with Gasteiger partial charge in [0.25, 0.3) is 5.91 Å². The summed E-state index contributed by atoms with van der Waals surface area (Å²) in [5.41, 5.74) is 1.85. The highest BCUT2D eigenvalue weighted by Gasteiger charge is 2.26. The highest BCUT2D eigenvalue weighted by molar-refractivity contribution is 6.06. The molecule has 0 spiro atoms. The van der Waals surface area contributed by atoms with Gasteiger partial charge in [0.05, 0.1) is 0 Å². The van der Waals surface area contributed by atoms with Crippen LogP contribution in [-0.2, 0) is 0 Å². The van der Waals surface area contributed by atoms with Crippen molar-refractivity contribution in [2.75, 3.05) is 13.1 Å². The smallest absolute Gasteiger partial charge is 0.254 e. The molecule has 1 saturated heterocycles. The number of rotatable bonds is 1. The molecular formula is C16H20N2O. The van der Waals surface area contributed by atoms with E-state index in [0.717, 1.165) is 29.6 Å². The molecule has 1 aliphatic heterocycles. The van der Waals surface area contributed by atoms with E-state index in [1.807, 2.05) is 35.4 Å². The van der Waals surface area contributed by atoms with Crippen LogP contribution in [0.4, 0.5) is 0 Å². The molecule has 1 aromatic carbocycles. The molecule has 3 rings (SSSR count). The number of aromatic nitrogens is 1. The zero-order valence-corrected chi connectivity index (χ0v) is 11.5. The quantitative estimate of drug-likeness (QED) is 0.835. The third-order valence-corrected chi connectivity index (χ3v) is 3.98. The number of piperidine rings is 1. The fourth-order valence-corrected chi connectivity index (χ4v) is 3.27. The van der Waals surface area contributed by atoms with Crippen LogP contribution in [0.3, 0.4) is 0 Å². The molecule has 1 aromatic heterocycles. The fraction of sp³-hybridized carbons (Fsp3) is 0.438. The van der Waals surface area contributed by atoms with E-state index in [-0.39, 0.29) is 5.91 Å². The number of carbonyl (C=O) groups is 1. The van der Waals surface area contributed by atoms with Gasteiger partial charge in [-0.05, 0) is 36.5 Å². The first-order valence-corrected chi connectivity index (χ1v) is 7.00. The van der Waals surface area contributed by atoms with Gasteiger partial charge in [-0.1, -0.05) is 19.9 Å². The van der Waals surface area contributed by atoms with Crippen molar-refractivity contribution in [3.63, 3.8) is 0 Å². The van der Waals surface area contributed by atoms with Crippen LogP contribution >= 0.6 is 0 Å². The predicted molar refractivity (Wildman–Crippen MR) is 77.1 cm³/mol. The maximum absolute atomic E-state index is 12.7. The van der Waals surface area contributed by atoms with Crippen LogP contribution in [0.2, 0.25) is 0 Å². The lowest BCUT2D eigenvalue weighted by Gasteiger charge is -2.35. The fourth-order valence-electron chi connectivity index (χ4n) is 3.27. The molecule has 2 unspecified atom stereocenters. The van der Waals surface area contributed by atoms with Gasteiger partial charge in [-0.15, -0.1) is 0 Å². The Balaban J connectivity index is 1.93. The van der Waals surface area contributed by atoms with Gasteiger partial charge in [0.15, 0.2) is 0 Å². The molecule has 0 aliphatic carbocycles. The number of benzene rings is 1. The van der Waals surface area contributed by atoms with Crippen molar-refractivity contribution in [3.8, 4) is 0 Å². The summed E-state index contributed by atoms with van der Waals surface area (Å²) in [6, 6.07) is 7.87. The summed E-state index contributed by atoms with van der Waals surface area (Å²) in [5.74, 6) is 1.36. The highest BCUT2D eigenvalue weighted by Crippen LogP contribution is 2.25. The molecule has 2 heterocycles. The molecule has 3 nitrogen and oxygen atoms in total. The first-order chi connectivity index (χ1) is 9.15. The maximum Gasteiger partial charge on any atom is 0.254 e. The second-order valence-corrected chi connectivity index (χ2v) is 5.90. The first-order valence-electron chi connectivity index (χ1n) is 7.00. The predicted octanol–water partition coefficient (Wildman–Crippen LogP) is 3.29. The number of nitrogens with one attached hydrogen (secondary N) is 1. The van der Waals surface area contributed by atoms with Crippen LogP contribution in [0.25, 0.3) is 10.9 Å². The number of aromatic amines is 1. The van der Waals surface area contributed by atoms with Gasteiger partial charge < -0.3 is 9.88 Å². The average Bonchev–Trinajstić information content (AvgIpc) is 2.84. The zero-order chi connectivity index (χ0) is 13.4. The Morgan fingerprint density at radius 3 is 2.68 bits per heavy atom. The summed E-state index contributed by atoms with van der Waals surface area (Å²) in [7, 11) is 0. The van der Waals surface area contributed by atoms with Gasteiger partial charge in [-0.2, -0.15) is 0 Å². The van der Waals surface area contributed by atoms with Crippen molar-refractivity contribution in [1.82, 2.24) is 9.88 Å². The number of amides is 1. The van der Waals surface area contributed by atoms with Crippen LogP contribution in [0.1, 0.15) is 30.6 Å². The van der Waals surface area contributed by atoms with Crippen molar-refractivity contribution < 1.29 is 4.79 Å². The van der Waals surface area contributed by atoms with Crippen LogP contribution in [0.5, 0.6) is 0 Å². The molecule has 2 aromatic rings. The maximum atomic E-state index is 12.7. The van der Waals surface area contributed by atoms with E-state index in [2.05, 4.69) is 18.8 Å². The summed E-state index contributed by atoms with van der Waals surface area (Å²) < 4.78 is 0.